The van der Waals surface area contributed by atoms with Gasteiger partial charge >= 0.3 is 6.09 Å². The van der Waals surface area contributed by atoms with Crippen molar-refractivity contribution in [2.75, 3.05) is 26.7 Å². The van der Waals surface area contributed by atoms with Gasteiger partial charge in [-0.1, -0.05) is 61.5 Å². The van der Waals surface area contributed by atoms with Gasteiger partial charge in [-0.3, -0.25) is 4.90 Å². The van der Waals surface area contributed by atoms with E-state index in [1.165, 1.54) is 11.1 Å². The maximum Gasteiger partial charge on any atom is 0.410 e. The van der Waals surface area contributed by atoms with Crippen LogP contribution < -0.4 is 0 Å². The van der Waals surface area contributed by atoms with E-state index in [1.807, 2.05) is 23.1 Å². The number of carbonyl (C=O) groups is 1. The molecule has 0 bridgehead atoms. The molecule has 1 unspecified atom stereocenters. The molecule has 1 amide bonds. The van der Waals surface area contributed by atoms with E-state index >= 15 is 0 Å². The monoisotopic (exact) mass is 364 g/mol. The van der Waals surface area contributed by atoms with Crippen LogP contribution in [0.15, 0.2) is 54.6 Å². The third-order valence-corrected chi connectivity index (χ3v) is 5.98. The van der Waals surface area contributed by atoms with E-state index in [0.717, 1.165) is 31.5 Å². The molecular formula is C23H28N2O2. The van der Waals surface area contributed by atoms with Crippen LogP contribution in [0.2, 0.25) is 0 Å². The average Bonchev–Trinajstić information content (AvgIpc) is 2.70. The molecule has 4 nitrogen and oxygen atoms in total. The number of carbonyl (C=O) groups excluding carboxylic acids is 1. The Morgan fingerprint density at radius 2 is 1.78 bits per heavy atom. The topological polar surface area (TPSA) is 32.8 Å². The van der Waals surface area contributed by atoms with Crippen LogP contribution in [0.1, 0.15) is 36.1 Å². The lowest BCUT2D eigenvalue weighted by Gasteiger charge is -2.40. The molecular weight excluding hydrogens is 336 g/mol. The number of hydrogen-bond donors (Lipinski definition) is 0. The molecule has 0 aromatic heterocycles. The third kappa shape index (κ3) is 3.72. The minimum atomic E-state index is -0.189. The van der Waals surface area contributed by atoms with Crippen molar-refractivity contribution in [1.29, 1.82) is 0 Å². The molecule has 0 saturated carbocycles. The lowest BCUT2D eigenvalue weighted by atomic mass is 9.88. The van der Waals surface area contributed by atoms with Crippen LogP contribution in [0.4, 0.5) is 4.79 Å². The number of nitrogens with zero attached hydrogens (tertiary/aromatic N) is 2. The minimum absolute atomic E-state index is 0.0372. The predicted octanol–water partition coefficient (Wildman–Crippen LogP) is 4.11. The van der Waals surface area contributed by atoms with Gasteiger partial charge in [-0.25, -0.2) is 4.79 Å². The zero-order chi connectivity index (χ0) is 18.8. The first kappa shape index (κ1) is 18.1. The highest BCUT2D eigenvalue weighted by Gasteiger charge is 2.35. The summed E-state index contributed by atoms with van der Waals surface area (Å²) in [6.45, 7) is 4.75. The lowest BCUT2D eigenvalue weighted by molar-refractivity contribution is -0.00456. The van der Waals surface area contributed by atoms with Crippen molar-refractivity contribution in [3.8, 4) is 0 Å². The molecule has 2 aromatic rings. The zero-order valence-corrected chi connectivity index (χ0v) is 16.2. The smallest absolute Gasteiger partial charge is 0.410 e. The van der Waals surface area contributed by atoms with Gasteiger partial charge < -0.3 is 9.64 Å². The number of hydrogen-bond acceptors (Lipinski definition) is 3. The summed E-state index contributed by atoms with van der Waals surface area (Å²) in [6.07, 6.45) is 1.71. The number of benzene rings is 2. The van der Waals surface area contributed by atoms with E-state index in [0.29, 0.717) is 12.5 Å². The van der Waals surface area contributed by atoms with E-state index in [2.05, 4.69) is 55.3 Å². The highest BCUT2D eigenvalue weighted by Crippen LogP contribution is 2.36. The Balaban J connectivity index is 1.61. The maximum atomic E-state index is 13.2. The number of likely N-dealkylation sites (tertiary alicyclic amines) is 1. The molecule has 4 heteroatoms. The third-order valence-electron chi connectivity index (χ3n) is 5.98. The van der Waals surface area contributed by atoms with E-state index in [4.69, 9.17) is 4.74 Å². The Labute approximate surface area is 161 Å². The van der Waals surface area contributed by atoms with Crippen LogP contribution in [0.25, 0.3) is 0 Å². The van der Waals surface area contributed by atoms with Crippen LogP contribution in [0.3, 0.4) is 0 Å². The van der Waals surface area contributed by atoms with Crippen LogP contribution in [-0.2, 0) is 11.2 Å². The van der Waals surface area contributed by atoms with Crippen molar-refractivity contribution in [2.24, 2.45) is 5.92 Å². The van der Waals surface area contributed by atoms with Crippen molar-refractivity contribution in [2.45, 2.75) is 31.9 Å². The molecule has 4 rings (SSSR count). The first-order chi connectivity index (χ1) is 13.1. The molecule has 2 heterocycles. The summed E-state index contributed by atoms with van der Waals surface area (Å²) < 4.78 is 6.03. The first-order valence-corrected chi connectivity index (χ1v) is 9.92. The zero-order valence-electron chi connectivity index (χ0n) is 16.2. The molecule has 1 saturated heterocycles. The summed E-state index contributed by atoms with van der Waals surface area (Å²) in [5.74, 6) is 0.400. The number of piperidine rings is 1. The fourth-order valence-electron chi connectivity index (χ4n) is 4.30. The molecule has 0 aliphatic carbocycles. The van der Waals surface area contributed by atoms with Crippen molar-refractivity contribution in [1.82, 2.24) is 9.80 Å². The van der Waals surface area contributed by atoms with Gasteiger partial charge in [-0.15, -0.1) is 0 Å². The van der Waals surface area contributed by atoms with E-state index < -0.39 is 0 Å². The molecule has 2 aromatic carbocycles. The number of fused-ring (bicyclic) bond motifs is 1. The van der Waals surface area contributed by atoms with Crippen molar-refractivity contribution in [3.63, 3.8) is 0 Å². The Kier molecular flexibility index (Phi) is 5.17. The lowest BCUT2D eigenvalue weighted by Crippen LogP contribution is -2.47. The summed E-state index contributed by atoms with van der Waals surface area (Å²) >= 11 is 0. The Morgan fingerprint density at radius 3 is 2.59 bits per heavy atom. The number of ether oxygens (including phenoxy) is 1. The molecule has 0 radical (unpaired) electrons. The van der Waals surface area contributed by atoms with Gasteiger partial charge in [0.05, 0.1) is 6.04 Å². The number of rotatable bonds is 2. The quantitative estimate of drug-likeness (QED) is 0.804. The summed E-state index contributed by atoms with van der Waals surface area (Å²) in [6, 6.07) is 18.7. The van der Waals surface area contributed by atoms with Crippen LogP contribution in [0, 0.1) is 5.92 Å². The predicted molar refractivity (Wildman–Crippen MR) is 107 cm³/mol. The van der Waals surface area contributed by atoms with Gasteiger partial charge in [-0.2, -0.15) is 0 Å². The SMILES string of the molecule is CC1CCN(C)C[C@@H]1OC(=O)N1CCc2ccccc2[C@@H]1c1ccccc1. The van der Waals surface area contributed by atoms with E-state index in [1.54, 1.807) is 0 Å². The molecule has 0 spiro atoms. The van der Waals surface area contributed by atoms with Gasteiger partial charge in [0, 0.05) is 13.1 Å². The Morgan fingerprint density at radius 1 is 1.04 bits per heavy atom. The highest BCUT2D eigenvalue weighted by atomic mass is 16.6. The Bertz CT molecular complexity index is 792. The van der Waals surface area contributed by atoms with Crippen molar-refractivity contribution < 1.29 is 9.53 Å². The van der Waals surface area contributed by atoms with Gasteiger partial charge in [0.1, 0.15) is 6.10 Å². The molecule has 27 heavy (non-hydrogen) atoms. The second-order valence-electron chi connectivity index (χ2n) is 7.91. The standard InChI is InChI=1S/C23H28N2O2/c1-17-12-14-24(2)16-21(17)27-23(26)25-15-13-18-8-6-7-11-20(18)22(25)19-9-4-3-5-10-19/h3-11,17,21-22H,12-16H2,1-2H3/t17?,21-,22-/m0/s1. The van der Waals surface area contributed by atoms with Crippen molar-refractivity contribution in [3.05, 3.63) is 71.3 Å². The summed E-state index contributed by atoms with van der Waals surface area (Å²) in [7, 11) is 2.09. The highest BCUT2D eigenvalue weighted by molar-refractivity contribution is 5.70. The minimum Gasteiger partial charge on any atom is -0.444 e. The van der Waals surface area contributed by atoms with Crippen LogP contribution >= 0.6 is 0 Å². The molecule has 2 aliphatic rings. The Hall–Kier alpha value is -2.33. The van der Waals surface area contributed by atoms with Gasteiger partial charge in [0.2, 0.25) is 0 Å². The van der Waals surface area contributed by atoms with E-state index in [-0.39, 0.29) is 18.2 Å². The van der Waals surface area contributed by atoms with E-state index in [9.17, 15) is 4.79 Å². The largest absolute Gasteiger partial charge is 0.444 e. The summed E-state index contributed by atoms with van der Waals surface area (Å²) in [4.78, 5) is 17.4. The second kappa shape index (κ2) is 7.73. The van der Waals surface area contributed by atoms with Crippen molar-refractivity contribution >= 4 is 6.09 Å². The summed E-state index contributed by atoms with van der Waals surface area (Å²) in [5.41, 5.74) is 3.66. The molecule has 142 valence electrons. The van der Waals surface area contributed by atoms with Gasteiger partial charge in [0.15, 0.2) is 0 Å². The molecule has 3 atom stereocenters. The fraction of sp³-hybridized carbons (Fsp3) is 0.435. The first-order valence-electron chi connectivity index (χ1n) is 9.92. The second-order valence-corrected chi connectivity index (χ2v) is 7.91. The number of amides is 1. The molecule has 2 aliphatic heterocycles. The summed E-state index contributed by atoms with van der Waals surface area (Å²) in [5, 5.41) is 0. The fourth-order valence-corrected chi connectivity index (χ4v) is 4.30. The van der Waals surface area contributed by atoms with Gasteiger partial charge in [0.25, 0.3) is 0 Å². The van der Waals surface area contributed by atoms with Gasteiger partial charge in [-0.05, 0) is 49.0 Å². The van der Waals surface area contributed by atoms with Crippen LogP contribution in [-0.4, -0.2) is 48.7 Å². The normalized spacial score (nSPS) is 25.7. The number of likely N-dealkylation sites (N-methyl/N-ethyl adjacent to an activating group) is 1. The maximum absolute atomic E-state index is 13.2. The molecule has 0 N–H and O–H groups in total. The molecule has 1 fully saturated rings. The average molecular weight is 364 g/mol. The van der Waals surface area contributed by atoms with Crippen LogP contribution in [0.5, 0.6) is 0 Å².